The monoisotopic (exact) mass is 333 g/mol. The lowest BCUT2D eigenvalue weighted by Gasteiger charge is -2.14. The molecular formula is C13H20BrNO2S. The Kier molecular flexibility index (Phi) is 6.32. The predicted molar refractivity (Wildman–Crippen MR) is 79.6 cm³/mol. The Bertz CT molecular complexity index is 447. The van der Waals surface area contributed by atoms with Gasteiger partial charge in [-0.2, -0.15) is 0 Å². The molecule has 0 bridgehead atoms. The molecule has 2 atom stereocenters. The molecule has 0 aliphatic rings. The van der Waals surface area contributed by atoms with Gasteiger partial charge < -0.3 is 0 Å². The largest absolute Gasteiger partial charge is 0.215 e. The normalized spacial score (nSPS) is 15.3. The molecule has 0 aliphatic heterocycles. The molecule has 0 amide bonds. The Hall–Kier alpha value is -0.390. The van der Waals surface area contributed by atoms with Crippen molar-refractivity contribution in [1.29, 1.82) is 0 Å². The van der Waals surface area contributed by atoms with Crippen LogP contribution in [0.25, 0.3) is 0 Å². The molecule has 1 rings (SSSR count). The van der Waals surface area contributed by atoms with E-state index in [9.17, 15) is 8.42 Å². The minimum atomic E-state index is -3.20. The Balaban J connectivity index is 2.55. The van der Waals surface area contributed by atoms with Gasteiger partial charge in [0.25, 0.3) is 0 Å². The zero-order chi connectivity index (χ0) is 13.6. The maximum absolute atomic E-state index is 11.9. The summed E-state index contributed by atoms with van der Waals surface area (Å²) in [7, 11) is -3.20. The number of nitrogens with one attached hydrogen (secondary N) is 1. The van der Waals surface area contributed by atoms with E-state index in [-0.39, 0.29) is 11.7 Å². The van der Waals surface area contributed by atoms with E-state index in [1.807, 2.05) is 44.2 Å². The van der Waals surface area contributed by atoms with Gasteiger partial charge in [0, 0.05) is 11.9 Å². The first kappa shape index (κ1) is 15.7. The molecule has 0 radical (unpaired) electrons. The predicted octanol–water partition coefficient (Wildman–Crippen LogP) is 2.74. The van der Waals surface area contributed by atoms with E-state index in [1.54, 1.807) is 0 Å². The van der Waals surface area contributed by atoms with Gasteiger partial charge in [0.05, 0.1) is 5.75 Å². The van der Waals surface area contributed by atoms with Crippen molar-refractivity contribution in [3.05, 3.63) is 35.9 Å². The van der Waals surface area contributed by atoms with Crippen molar-refractivity contribution in [2.24, 2.45) is 5.92 Å². The van der Waals surface area contributed by atoms with Gasteiger partial charge in [0.2, 0.25) is 10.0 Å². The summed E-state index contributed by atoms with van der Waals surface area (Å²) in [6.07, 6.45) is 0. The molecule has 3 nitrogen and oxygen atoms in total. The molecule has 2 unspecified atom stereocenters. The molecule has 0 aromatic heterocycles. The third-order valence-electron chi connectivity index (χ3n) is 2.75. The topological polar surface area (TPSA) is 46.2 Å². The van der Waals surface area contributed by atoms with Gasteiger partial charge >= 0.3 is 0 Å². The molecule has 1 aromatic carbocycles. The van der Waals surface area contributed by atoms with Gasteiger partial charge in [0.1, 0.15) is 0 Å². The number of halogens is 1. The molecule has 0 saturated carbocycles. The molecular weight excluding hydrogens is 314 g/mol. The van der Waals surface area contributed by atoms with Crippen molar-refractivity contribution in [3.8, 4) is 0 Å². The number of sulfonamides is 1. The highest BCUT2D eigenvalue weighted by Crippen LogP contribution is 2.16. The van der Waals surface area contributed by atoms with Crippen LogP contribution < -0.4 is 4.72 Å². The summed E-state index contributed by atoms with van der Waals surface area (Å²) in [5.74, 6) is 0.432. The average Bonchev–Trinajstić information content (AvgIpc) is 2.36. The summed E-state index contributed by atoms with van der Waals surface area (Å²) in [4.78, 5) is 0. The Labute approximate surface area is 118 Å². The summed E-state index contributed by atoms with van der Waals surface area (Å²) in [5.41, 5.74) is 1.05. The molecule has 0 spiro atoms. The van der Waals surface area contributed by atoms with Crippen LogP contribution in [0.4, 0.5) is 0 Å². The minimum Gasteiger partial charge on any atom is -0.215 e. The molecule has 102 valence electrons. The Morgan fingerprint density at radius 3 is 2.39 bits per heavy atom. The first-order valence-corrected chi connectivity index (χ1v) is 8.80. The first-order chi connectivity index (χ1) is 8.44. The molecule has 1 aromatic rings. The third kappa shape index (κ3) is 5.50. The Morgan fingerprint density at radius 2 is 1.83 bits per heavy atom. The van der Waals surface area contributed by atoms with Crippen LogP contribution >= 0.6 is 15.9 Å². The van der Waals surface area contributed by atoms with Crippen LogP contribution in [0.2, 0.25) is 0 Å². The van der Waals surface area contributed by atoms with Crippen LogP contribution in [0, 0.1) is 5.92 Å². The van der Waals surface area contributed by atoms with E-state index in [1.165, 1.54) is 0 Å². The fourth-order valence-electron chi connectivity index (χ4n) is 1.59. The summed E-state index contributed by atoms with van der Waals surface area (Å²) < 4.78 is 26.5. The van der Waals surface area contributed by atoms with Crippen molar-refractivity contribution in [2.75, 3.05) is 17.6 Å². The molecule has 0 fully saturated rings. The number of hydrogen-bond acceptors (Lipinski definition) is 2. The van der Waals surface area contributed by atoms with Crippen molar-refractivity contribution < 1.29 is 8.42 Å². The molecule has 1 N–H and O–H groups in total. The molecule has 0 heterocycles. The zero-order valence-electron chi connectivity index (χ0n) is 10.8. The summed E-state index contributed by atoms with van der Waals surface area (Å²) in [6, 6.07) is 9.71. The van der Waals surface area contributed by atoms with Crippen molar-refractivity contribution >= 4 is 26.0 Å². The summed E-state index contributed by atoms with van der Waals surface area (Å²) in [5, 5.41) is 0.795. The second-order valence-corrected chi connectivity index (χ2v) is 7.20. The lowest BCUT2D eigenvalue weighted by Crippen LogP contribution is -2.32. The SMILES string of the molecule is CC(CBr)CNS(=O)(=O)CC(C)c1ccccc1. The van der Waals surface area contributed by atoms with Gasteiger partial charge in [0.15, 0.2) is 0 Å². The van der Waals surface area contributed by atoms with E-state index in [2.05, 4.69) is 20.7 Å². The highest BCUT2D eigenvalue weighted by molar-refractivity contribution is 9.09. The van der Waals surface area contributed by atoms with Crippen molar-refractivity contribution in [3.63, 3.8) is 0 Å². The van der Waals surface area contributed by atoms with Crippen LogP contribution in [-0.4, -0.2) is 26.0 Å². The van der Waals surface area contributed by atoms with Crippen LogP contribution in [0.1, 0.15) is 25.3 Å². The van der Waals surface area contributed by atoms with Gasteiger partial charge in [-0.3, -0.25) is 0 Å². The highest BCUT2D eigenvalue weighted by atomic mass is 79.9. The Morgan fingerprint density at radius 1 is 1.22 bits per heavy atom. The van der Waals surface area contributed by atoms with Gasteiger partial charge in [-0.05, 0) is 17.4 Å². The third-order valence-corrected chi connectivity index (χ3v) is 5.40. The van der Waals surface area contributed by atoms with Crippen molar-refractivity contribution in [1.82, 2.24) is 4.72 Å². The molecule has 18 heavy (non-hydrogen) atoms. The van der Waals surface area contributed by atoms with Crippen LogP contribution in [0.5, 0.6) is 0 Å². The minimum absolute atomic E-state index is 0.00276. The van der Waals surface area contributed by atoms with Gasteiger partial charge in [-0.15, -0.1) is 0 Å². The van der Waals surface area contributed by atoms with Gasteiger partial charge in [-0.1, -0.05) is 60.1 Å². The number of benzene rings is 1. The lowest BCUT2D eigenvalue weighted by molar-refractivity contribution is 0.559. The summed E-state index contributed by atoms with van der Waals surface area (Å²) >= 11 is 3.34. The van der Waals surface area contributed by atoms with E-state index < -0.39 is 10.0 Å². The smallest absolute Gasteiger partial charge is 0.212 e. The van der Waals surface area contributed by atoms with Gasteiger partial charge in [-0.25, -0.2) is 13.1 Å². The van der Waals surface area contributed by atoms with E-state index >= 15 is 0 Å². The van der Waals surface area contributed by atoms with Crippen LogP contribution in [-0.2, 0) is 10.0 Å². The number of rotatable bonds is 7. The second kappa shape index (κ2) is 7.26. The fourth-order valence-corrected chi connectivity index (χ4v) is 3.33. The van der Waals surface area contributed by atoms with Crippen LogP contribution in [0.3, 0.4) is 0 Å². The average molecular weight is 334 g/mol. The standard InChI is InChI=1S/C13H20BrNO2S/c1-11(8-14)9-15-18(16,17)10-12(2)13-6-4-3-5-7-13/h3-7,11-12,15H,8-10H2,1-2H3. The van der Waals surface area contributed by atoms with E-state index in [0.717, 1.165) is 10.9 Å². The number of hydrogen-bond donors (Lipinski definition) is 1. The van der Waals surface area contributed by atoms with Crippen LogP contribution in [0.15, 0.2) is 30.3 Å². The zero-order valence-corrected chi connectivity index (χ0v) is 13.2. The molecule has 0 aliphatic carbocycles. The molecule has 0 saturated heterocycles. The first-order valence-electron chi connectivity index (χ1n) is 6.03. The maximum Gasteiger partial charge on any atom is 0.212 e. The van der Waals surface area contributed by atoms with E-state index in [0.29, 0.717) is 12.5 Å². The van der Waals surface area contributed by atoms with Crippen molar-refractivity contribution in [2.45, 2.75) is 19.8 Å². The summed E-state index contributed by atoms with van der Waals surface area (Å²) in [6.45, 7) is 4.41. The number of alkyl halides is 1. The lowest BCUT2D eigenvalue weighted by atomic mass is 10.0. The maximum atomic E-state index is 11.9. The second-order valence-electron chi connectivity index (χ2n) is 4.70. The highest BCUT2D eigenvalue weighted by Gasteiger charge is 2.17. The fraction of sp³-hybridized carbons (Fsp3) is 0.538. The molecule has 5 heteroatoms. The van der Waals surface area contributed by atoms with E-state index in [4.69, 9.17) is 0 Å². The quantitative estimate of drug-likeness (QED) is 0.780.